The zero-order chi connectivity index (χ0) is 15.9. The number of hydrogen-bond donors (Lipinski definition) is 0. The van der Waals surface area contributed by atoms with Gasteiger partial charge in [-0.3, -0.25) is 0 Å². The largest absolute Gasteiger partial charge is 0.155 e. The molecule has 0 amide bonds. The Kier molecular flexibility index (Phi) is 6.52. The van der Waals surface area contributed by atoms with Crippen molar-refractivity contribution in [2.45, 2.75) is 26.7 Å². The van der Waals surface area contributed by atoms with Crippen molar-refractivity contribution in [1.82, 2.24) is 0 Å². The van der Waals surface area contributed by atoms with Crippen molar-refractivity contribution in [3.63, 3.8) is 0 Å². The topological polar surface area (TPSA) is 24.7 Å². The highest BCUT2D eigenvalue weighted by atomic mass is 79.9. The van der Waals surface area contributed by atoms with Crippen molar-refractivity contribution in [1.29, 1.82) is 0 Å². The quantitative estimate of drug-likeness (QED) is 0.404. The lowest BCUT2D eigenvalue weighted by molar-refractivity contribution is 1.13. The Morgan fingerprint density at radius 2 is 1.00 bits per heavy atom. The van der Waals surface area contributed by atoms with Gasteiger partial charge in [0.05, 0.1) is 11.4 Å². The average Bonchev–Trinajstić information content (AvgIpc) is 2.54. The predicted molar refractivity (Wildman–Crippen MR) is 102 cm³/mol. The van der Waals surface area contributed by atoms with Crippen LogP contribution in [0.5, 0.6) is 0 Å². The lowest BCUT2D eigenvalue weighted by Crippen LogP contribution is -2.01. The van der Waals surface area contributed by atoms with E-state index in [1.807, 2.05) is 24.3 Å². The molecule has 0 bridgehead atoms. The number of hydrogen-bond acceptors (Lipinski definition) is 2. The van der Waals surface area contributed by atoms with Gasteiger partial charge in [0.2, 0.25) is 0 Å². The molecule has 114 valence electrons. The first-order valence-corrected chi connectivity index (χ1v) is 8.88. The molecule has 0 atom stereocenters. The zero-order valence-electron chi connectivity index (χ0n) is 12.7. The molecule has 0 fully saturated rings. The van der Waals surface area contributed by atoms with E-state index in [0.717, 1.165) is 44.3 Å². The second-order valence-corrected chi connectivity index (χ2v) is 6.65. The smallest absolute Gasteiger partial charge is 0.0700 e. The molecule has 0 aliphatic heterocycles. The van der Waals surface area contributed by atoms with E-state index >= 15 is 0 Å². The number of nitrogens with zero attached hydrogens (tertiary/aromatic N) is 2. The van der Waals surface area contributed by atoms with E-state index in [2.05, 4.69) is 80.2 Å². The molecule has 0 aliphatic carbocycles. The zero-order valence-corrected chi connectivity index (χ0v) is 15.9. The Morgan fingerprint density at radius 3 is 1.27 bits per heavy atom. The monoisotopic (exact) mass is 420 g/mol. The molecular formula is C18H18Br2N2. The molecule has 0 aromatic heterocycles. The highest BCUT2D eigenvalue weighted by molar-refractivity contribution is 9.10. The summed E-state index contributed by atoms with van der Waals surface area (Å²) in [6.45, 7) is 4.20. The maximum atomic E-state index is 4.49. The maximum absolute atomic E-state index is 4.49. The Bertz CT molecular complexity index is 610. The van der Waals surface area contributed by atoms with Gasteiger partial charge in [-0.05, 0) is 48.2 Å². The molecule has 0 heterocycles. The summed E-state index contributed by atoms with van der Waals surface area (Å²) >= 11 is 6.91. The summed E-state index contributed by atoms with van der Waals surface area (Å²) in [6, 6.07) is 16.4. The number of benzene rings is 2. The van der Waals surface area contributed by atoms with Crippen LogP contribution in [0, 0.1) is 0 Å². The highest BCUT2D eigenvalue weighted by Crippen LogP contribution is 2.15. The molecule has 0 spiro atoms. The van der Waals surface area contributed by atoms with E-state index in [-0.39, 0.29) is 0 Å². The van der Waals surface area contributed by atoms with Crippen LogP contribution in [0.3, 0.4) is 0 Å². The molecule has 0 aliphatic rings. The van der Waals surface area contributed by atoms with Gasteiger partial charge < -0.3 is 0 Å². The lowest BCUT2D eigenvalue weighted by Gasteiger charge is -2.05. The van der Waals surface area contributed by atoms with Crippen LogP contribution in [-0.2, 0) is 0 Å². The van der Waals surface area contributed by atoms with Crippen LogP contribution in [0.1, 0.15) is 37.8 Å². The van der Waals surface area contributed by atoms with Gasteiger partial charge in [-0.1, -0.05) is 70.0 Å². The molecule has 2 nitrogen and oxygen atoms in total. The minimum absolute atomic E-state index is 0.850. The van der Waals surface area contributed by atoms with Crippen LogP contribution in [0.25, 0.3) is 0 Å². The van der Waals surface area contributed by atoms with E-state index in [1.54, 1.807) is 0 Å². The Morgan fingerprint density at radius 1 is 0.682 bits per heavy atom. The van der Waals surface area contributed by atoms with Gasteiger partial charge in [0.15, 0.2) is 0 Å². The maximum Gasteiger partial charge on any atom is 0.0700 e. The minimum atomic E-state index is 0.850. The number of halogens is 2. The highest BCUT2D eigenvalue weighted by Gasteiger charge is 2.03. The van der Waals surface area contributed by atoms with Crippen LogP contribution in [-0.4, -0.2) is 11.4 Å². The summed E-state index contributed by atoms with van der Waals surface area (Å²) in [5.74, 6) is 0. The summed E-state index contributed by atoms with van der Waals surface area (Å²) in [4.78, 5) is 0. The van der Waals surface area contributed by atoms with E-state index in [0.29, 0.717) is 0 Å². The molecule has 22 heavy (non-hydrogen) atoms. The normalized spacial score (nSPS) is 12.5. The fourth-order valence-corrected chi connectivity index (χ4v) is 2.60. The molecule has 0 radical (unpaired) electrons. The Hall–Kier alpha value is -1.26. The second kappa shape index (κ2) is 8.39. The van der Waals surface area contributed by atoms with Gasteiger partial charge in [-0.25, -0.2) is 0 Å². The van der Waals surface area contributed by atoms with Crippen LogP contribution < -0.4 is 0 Å². The summed E-state index contributed by atoms with van der Waals surface area (Å²) in [7, 11) is 0. The molecule has 2 aromatic rings. The minimum Gasteiger partial charge on any atom is -0.155 e. The van der Waals surface area contributed by atoms with Gasteiger partial charge in [0.1, 0.15) is 0 Å². The van der Waals surface area contributed by atoms with Gasteiger partial charge in [-0.2, -0.15) is 10.2 Å². The van der Waals surface area contributed by atoms with Crippen molar-refractivity contribution >= 4 is 43.3 Å². The third kappa shape index (κ3) is 4.62. The van der Waals surface area contributed by atoms with Crippen LogP contribution in [0.2, 0.25) is 0 Å². The van der Waals surface area contributed by atoms with Gasteiger partial charge >= 0.3 is 0 Å². The molecule has 0 N–H and O–H groups in total. The van der Waals surface area contributed by atoms with E-state index < -0.39 is 0 Å². The average molecular weight is 422 g/mol. The summed E-state index contributed by atoms with van der Waals surface area (Å²) < 4.78 is 2.14. The van der Waals surface area contributed by atoms with Crippen molar-refractivity contribution in [2.24, 2.45) is 10.2 Å². The first-order chi connectivity index (χ1) is 10.6. The van der Waals surface area contributed by atoms with Gasteiger partial charge in [-0.15, -0.1) is 0 Å². The van der Waals surface area contributed by atoms with Gasteiger partial charge in [0, 0.05) is 8.95 Å². The fourth-order valence-electron chi connectivity index (χ4n) is 2.07. The molecular weight excluding hydrogens is 404 g/mol. The SMILES string of the molecule is CCC(=NN=C(CC)c1ccc(Br)cc1)c1ccc(Br)cc1. The first-order valence-electron chi connectivity index (χ1n) is 7.29. The molecule has 0 unspecified atom stereocenters. The first kappa shape index (κ1) is 17.1. The van der Waals surface area contributed by atoms with E-state index in [9.17, 15) is 0 Å². The number of rotatable bonds is 5. The van der Waals surface area contributed by atoms with E-state index in [4.69, 9.17) is 0 Å². The van der Waals surface area contributed by atoms with E-state index in [1.165, 1.54) is 0 Å². The summed E-state index contributed by atoms with van der Waals surface area (Å²) in [5, 5.41) is 8.98. The third-order valence-corrected chi connectivity index (χ3v) is 4.37. The Labute approximate surface area is 148 Å². The summed E-state index contributed by atoms with van der Waals surface area (Å²) in [6.07, 6.45) is 1.70. The third-order valence-electron chi connectivity index (χ3n) is 3.32. The van der Waals surface area contributed by atoms with Crippen LogP contribution >= 0.6 is 31.9 Å². The molecule has 0 saturated carbocycles. The predicted octanol–water partition coefficient (Wildman–Crippen LogP) is 6.23. The fraction of sp³-hybridized carbons (Fsp3) is 0.222. The van der Waals surface area contributed by atoms with Crippen molar-refractivity contribution in [3.05, 3.63) is 68.6 Å². The molecule has 2 rings (SSSR count). The van der Waals surface area contributed by atoms with Gasteiger partial charge in [0.25, 0.3) is 0 Å². The van der Waals surface area contributed by atoms with Crippen molar-refractivity contribution < 1.29 is 0 Å². The standard InChI is InChI=1S/C18H18Br2N2/c1-3-17(13-5-9-15(19)10-6-13)21-22-18(4-2)14-7-11-16(20)12-8-14/h5-12H,3-4H2,1-2H3. The summed E-state index contributed by atoms with van der Waals surface area (Å²) in [5.41, 5.74) is 4.22. The second-order valence-electron chi connectivity index (χ2n) is 4.81. The van der Waals surface area contributed by atoms with Crippen LogP contribution in [0.15, 0.2) is 67.7 Å². The molecule has 4 heteroatoms. The van der Waals surface area contributed by atoms with Crippen molar-refractivity contribution in [2.75, 3.05) is 0 Å². The molecule has 0 saturated heterocycles. The van der Waals surface area contributed by atoms with Crippen LogP contribution in [0.4, 0.5) is 0 Å². The molecule has 2 aromatic carbocycles. The Balaban J connectivity index is 2.31. The lowest BCUT2D eigenvalue weighted by atomic mass is 10.1. The van der Waals surface area contributed by atoms with Crippen molar-refractivity contribution in [3.8, 4) is 0 Å².